The summed E-state index contributed by atoms with van der Waals surface area (Å²) in [7, 11) is 0. The van der Waals surface area contributed by atoms with E-state index in [0.29, 0.717) is 22.2 Å². The molecule has 5 nitrogen and oxygen atoms in total. The third kappa shape index (κ3) is 3.41. The maximum atomic E-state index is 13.9. The molecule has 1 aromatic heterocycles. The Morgan fingerprint density at radius 2 is 2.00 bits per heavy atom. The molecule has 1 heterocycles. The Morgan fingerprint density at radius 3 is 2.65 bits per heavy atom. The summed E-state index contributed by atoms with van der Waals surface area (Å²) in [4.78, 5) is 10.4. The second kappa shape index (κ2) is 6.58. The molecule has 0 spiro atoms. The van der Waals surface area contributed by atoms with Crippen LogP contribution in [0.1, 0.15) is 18.1 Å². The van der Waals surface area contributed by atoms with Gasteiger partial charge < -0.3 is 10.3 Å². The van der Waals surface area contributed by atoms with E-state index in [2.05, 4.69) is 11.8 Å². The summed E-state index contributed by atoms with van der Waals surface area (Å²) in [6.45, 7) is 0.946. The zero-order valence-electron chi connectivity index (χ0n) is 13.9. The lowest BCUT2D eigenvalue weighted by Gasteiger charge is -2.14. The van der Waals surface area contributed by atoms with Crippen molar-refractivity contribution in [2.75, 3.05) is 6.54 Å². The number of alkyl halides is 2. The molecule has 0 radical (unpaired) electrons. The summed E-state index contributed by atoms with van der Waals surface area (Å²) < 4.78 is 29.5. The molecule has 132 valence electrons. The van der Waals surface area contributed by atoms with E-state index in [1.165, 1.54) is 24.3 Å². The fourth-order valence-electron chi connectivity index (χ4n) is 2.70. The first-order valence-electron chi connectivity index (χ1n) is 7.78. The van der Waals surface area contributed by atoms with Crippen LogP contribution in [-0.2, 0) is 5.92 Å². The average molecular weight is 355 g/mol. The highest BCUT2D eigenvalue weighted by atomic mass is 19.3. The van der Waals surface area contributed by atoms with E-state index in [9.17, 15) is 18.9 Å². The molecule has 3 aromatic rings. The van der Waals surface area contributed by atoms with Crippen molar-refractivity contribution in [3.8, 4) is 17.5 Å². The van der Waals surface area contributed by atoms with Gasteiger partial charge in [-0.3, -0.25) is 10.1 Å². The minimum Gasteiger partial charge on any atom is -0.320 e. The van der Waals surface area contributed by atoms with Crippen molar-refractivity contribution in [3.63, 3.8) is 0 Å². The Labute approximate surface area is 148 Å². The Bertz CT molecular complexity index is 1060. The average Bonchev–Trinajstić information content (AvgIpc) is 3.02. The summed E-state index contributed by atoms with van der Waals surface area (Å²) in [5.74, 6) is 2.41. The maximum absolute atomic E-state index is 13.9. The van der Waals surface area contributed by atoms with Crippen molar-refractivity contribution in [3.05, 3.63) is 69.9 Å². The van der Waals surface area contributed by atoms with Crippen LogP contribution >= 0.6 is 0 Å². The summed E-state index contributed by atoms with van der Waals surface area (Å²) in [5.41, 5.74) is 6.76. The highest BCUT2D eigenvalue weighted by molar-refractivity contribution is 5.84. The lowest BCUT2D eigenvalue weighted by Crippen LogP contribution is -2.08. The molecule has 0 atom stereocenters. The van der Waals surface area contributed by atoms with Gasteiger partial charge in [0.05, 0.1) is 17.0 Å². The first-order chi connectivity index (χ1) is 12.3. The van der Waals surface area contributed by atoms with E-state index in [-0.39, 0.29) is 17.8 Å². The number of nitro benzene ring substituents is 1. The predicted octanol–water partition coefficient (Wildman–Crippen LogP) is 3.96. The summed E-state index contributed by atoms with van der Waals surface area (Å²) in [6, 6.07) is 10.5. The van der Waals surface area contributed by atoms with Crippen LogP contribution in [0.25, 0.3) is 16.6 Å². The van der Waals surface area contributed by atoms with Crippen molar-refractivity contribution < 1.29 is 13.7 Å². The van der Waals surface area contributed by atoms with Crippen LogP contribution < -0.4 is 5.73 Å². The topological polar surface area (TPSA) is 74.1 Å². The van der Waals surface area contributed by atoms with Gasteiger partial charge in [0.15, 0.2) is 0 Å². The van der Waals surface area contributed by atoms with Crippen LogP contribution in [0.3, 0.4) is 0 Å². The van der Waals surface area contributed by atoms with Crippen LogP contribution in [-0.4, -0.2) is 16.0 Å². The Kier molecular flexibility index (Phi) is 4.45. The maximum Gasteiger partial charge on any atom is 0.270 e. The summed E-state index contributed by atoms with van der Waals surface area (Å²) >= 11 is 0. The number of non-ortho nitro benzene ring substituents is 1. The molecule has 0 aliphatic rings. The Balaban J connectivity index is 2.19. The molecule has 26 heavy (non-hydrogen) atoms. The van der Waals surface area contributed by atoms with Crippen LogP contribution in [0, 0.1) is 22.0 Å². The van der Waals surface area contributed by atoms with Crippen molar-refractivity contribution in [2.24, 2.45) is 5.73 Å². The van der Waals surface area contributed by atoms with E-state index >= 15 is 0 Å². The molecule has 0 saturated carbocycles. The van der Waals surface area contributed by atoms with E-state index in [1.54, 1.807) is 29.0 Å². The molecule has 0 bridgehead atoms. The van der Waals surface area contributed by atoms with Gasteiger partial charge in [0.25, 0.3) is 11.6 Å². The zero-order chi connectivity index (χ0) is 18.9. The SMILES string of the molecule is CC(F)(F)c1cc(C#CCN)cc(-n2ccc3cc([N+](=O)[O-])ccc32)c1. The van der Waals surface area contributed by atoms with Crippen molar-refractivity contribution in [1.29, 1.82) is 0 Å². The highest BCUT2D eigenvalue weighted by Crippen LogP contribution is 2.31. The summed E-state index contributed by atoms with van der Waals surface area (Å²) in [6.07, 6.45) is 1.68. The number of benzene rings is 2. The number of rotatable bonds is 3. The number of aromatic nitrogens is 1. The normalized spacial score (nSPS) is 11.2. The molecule has 0 unspecified atom stereocenters. The molecule has 0 aliphatic carbocycles. The molecular weight excluding hydrogens is 340 g/mol. The van der Waals surface area contributed by atoms with Crippen molar-refractivity contribution >= 4 is 16.6 Å². The first-order valence-corrected chi connectivity index (χ1v) is 7.78. The molecule has 7 heteroatoms. The second-order valence-corrected chi connectivity index (χ2v) is 5.85. The fraction of sp³-hybridized carbons (Fsp3) is 0.158. The molecular formula is C19H15F2N3O2. The van der Waals surface area contributed by atoms with Crippen molar-refractivity contribution in [2.45, 2.75) is 12.8 Å². The van der Waals surface area contributed by atoms with Gasteiger partial charge in [0.1, 0.15) is 0 Å². The minimum atomic E-state index is -3.03. The second-order valence-electron chi connectivity index (χ2n) is 5.85. The quantitative estimate of drug-likeness (QED) is 0.439. The van der Waals surface area contributed by atoms with Crippen LogP contribution in [0.15, 0.2) is 48.7 Å². The smallest absolute Gasteiger partial charge is 0.270 e. The van der Waals surface area contributed by atoms with Crippen LogP contribution in [0.2, 0.25) is 0 Å². The van der Waals surface area contributed by atoms with E-state index in [1.807, 2.05) is 0 Å². The van der Waals surface area contributed by atoms with Gasteiger partial charge in [0.2, 0.25) is 0 Å². The predicted molar refractivity (Wildman–Crippen MR) is 95.4 cm³/mol. The lowest BCUT2D eigenvalue weighted by molar-refractivity contribution is -0.384. The minimum absolute atomic E-state index is 0.0291. The van der Waals surface area contributed by atoms with E-state index < -0.39 is 10.8 Å². The first kappa shape index (κ1) is 17.6. The van der Waals surface area contributed by atoms with Crippen LogP contribution in [0.5, 0.6) is 0 Å². The number of nitrogens with zero attached hydrogens (tertiary/aromatic N) is 2. The van der Waals surface area contributed by atoms with Gasteiger partial charge in [-0.05, 0) is 30.3 Å². The third-order valence-electron chi connectivity index (χ3n) is 3.92. The number of hydrogen-bond acceptors (Lipinski definition) is 3. The van der Waals surface area contributed by atoms with Gasteiger partial charge in [0, 0.05) is 47.5 Å². The molecule has 3 rings (SSSR count). The highest BCUT2D eigenvalue weighted by Gasteiger charge is 2.25. The molecule has 0 saturated heterocycles. The fourth-order valence-corrected chi connectivity index (χ4v) is 2.70. The number of hydrogen-bond donors (Lipinski definition) is 1. The van der Waals surface area contributed by atoms with Crippen LogP contribution in [0.4, 0.5) is 14.5 Å². The van der Waals surface area contributed by atoms with Gasteiger partial charge in [-0.25, -0.2) is 8.78 Å². The van der Waals surface area contributed by atoms with E-state index in [4.69, 9.17) is 5.73 Å². The van der Waals surface area contributed by atoms with Gasteiger partial charge in [-0.2, -0.15) is 0 Å². The molecule has 0 amide bonds. The summed E-state index contributed by atoms with van der Waals surface area (Å²) in [5, 5.41) is 11.6. The van der Waals surface area contributed by atoms with Gasteiger partial charge >= 0.3 is 0 Å². The molecule has 2 aromatic carbocycles. The molecule has 0 aliphatic heterocycles. The zero-order valence-corrected chi connectivity index (χ0v) is 13.9. The number of halogens is 2. The molecule has 0 fully saturated rings. The Morgan fingerprint density at radius 1 is 1.23 bits per heavy atom. The van der Waals surface area contributed by atoms with Gasteiger partial charge in [-0.15, -0.1) is 0 Å². The lowest BCUT2D eigenvalue weighted by atomic mass is 10.0. The largest absolute Gasteiger partial charge is 0.320 e. The van der Waals surface area contributed by atoms with Crippen molar-refractivity contribution in [1.82, 2.24) is 4.57 Å². The number of fused-ring (bicyclic) bond motifs is 1. The number of nitro groups is 1. The molecule has 2 N–H and O–H groups in total. The monoisotopic (exact) mass is 355 g/mol. The third-order valence-corrected chi connectivity index (χ3v) is 3.92. The Hall–Kier alpha value is -3.24. The van der Waals surface area contributed by atoms with Gasteiger partial charge in [-0.1, -0.05) is 11.8 Å². The standard InChI is InChI=1S/C19H15F2N3O2/c1-19(20,21)15-9-13(3-2-7-22)10-17(12-15)23-8-6-14-11-16(24(25)26)4-5-18(14)23/h4-6,8-12H,7,22H2,1H3. The van der Waals surface area contributed by atoms with E-state index in [0.717, 1.165) is 6.92 Å². The number of nitrogens with two attached hydrogens (primary N) is 1.